The molecule has 5 rings (SSSR count). The van der Waals surface area contributed by atoms with Crippen LogP contribution in [-0.2, 0) is 0 Å². The number of aromatic amines is 1. The lowest BCUT2D eigenvalue weighted by Crippen LogP contribution is -2.03. The Morgan fingerprint density at radius 1 is 0.731 bits per heavy atom. The van der Waals surface area contributed by atoms with Gasteiger partial charge in [0, 0.05) is 22.2 Å². The second kappa shape index (κ2) is 5.57. The summed E-state index contributed by atoms with van der Waals surface area (Å²) in [5.74, 6) is 0.0702. The van der Waals surface area contributed by atoms with E-state index < -0.39 is 0 Å². The average Bonchev–Trinajstić information content (AvgIpc) is 3.01. The van der Waals surface area contributed by atoms with E-state index in [0.29, 0.717) is 0 Å². The minimum absolute atomic E-state index is 0.0702. The normalized spacial score (nSPS) is 11.4. The van der Waals surface area contributed by atoms with Crippen molar-refractivity contribution in [2.45, 2.75) is 6.92 Å². The van der Waals surface area contributed by atoms with E-state index in [0.717, 1.165) is 43.9 Å². The van der Waals surface area contributed by atoms with Crippen molar-refractivity contribution >= 4 is 38.2 Å². The van der Waals surface area contributed by atoms with E-state index in [4.69, 9.17) is 0 Å². The van der Waals surface area contributed by atoms with Crippen molar-refractivity contribution in [2.75, 3.05) is 0 Å². The zero-order valence-electron chi connectivity index (χ0n) is 14.4. The summed E-state index contributed by atoms with van der Waals surface area (Å²) in [5.41, 5.74) is 3.43. The summed E-state index contributed by atoms with van der Waals surface area (Å²) in [6.07, 6.45) is 0. The molecule has 0 atom stereocenters. The van der Waals surface area contributed by atoms with Crippen molar-refractivity contribution in [1.29, 1.82) is 0 Å². The summed E-state index contributed by atoms with van der Waals surface area (Å²) in [6, 6.07) is 26.5. The summed E-state index contributed by atoms with van der Waals surface area (Å²) < 4.78 is 0. The summed E-state index contributed by atoms with van der Waals surface area (Å²) in [6.45, 7) is 1.97. The minimum Gasteiger partial charge on any atom is -0.358 e. The van der Waals surface area contributed by atoms with Gasteiger partial charge in [-0.2, -0.15) is 0 Å². The zero-order valence-corrected chi connectivity index (χ0v) is 14.4. The standard InChI is InChI=1S/C24H17NO/c1-15-23(20-10-4-5-12-22(20)25-15)24(26)19-11-6-9-18-13-16-7-2-3-8-17(16)14-21(18)19/h2-14,25H,1H3. The van der Waals surface area contributed by atoms with Crippen LogP contribution >= 0.6 is 0 Å². The number of hydrogen-bond donors (Lipinski definition) is 1. The van der Waals surface area contributed by atoms with Gasteiger partial charge in [-0.25, -0.2) is 0 Å². The predicted octanol–water partition coefficient (Wildman–Crippen LogP) is 6.01. The maximum Gasteiger partial charge on any atom is 0.196 e. The van der Waals surface area contributed by atoms with Gasteiger partial charge in [0.05, 0.1) is 5.56 Å². The maximum absolute atomic E-state index is 13.5. The zero-order chi connectivity index (χ0) is 17.7. The monoisotopic (exact) mass is 335 g/mol. The molecule has 1 aromatic heterocycles. The van der Waals surface area contributed by atoms with Crippen molar-refractivity contribution < 1.29 is 4.79 Å². The molecule has 1 heterocycles. The molecule has 2 nitrogen and oxygen atoms in total. The van der Waals surface area contributed by atoms with Gasteiger partial charge in [0.15, 0.2) is 5.78 Å². The van der Waals surface area contributed by atoms with Crippen molar-refractivity contribution in [2.24, 2.45) is 0 Å². The van der Waals surface area contributed by atoms with E-state index in [-0.39, 0.29) is 5.78 Å². The van der Waals surface area contributed by atoms with Crippen LogP contribution in [-0.4, -0.2) is 10.8 Å². The molecule has 0 aliphatic carbocycles. The van der Waals surface area contributed by atoms with E-state index in [9.17, 15) is 4.79 Å². The van der Waals surface area contributed by atoms with Crippen molar-refractivity contribution in [3.8, 4) is 0 Å². The van der Waals surface area contributed by atoms with Gasteiger partial charge in [0.2, 0.25) is 0 Å². The smallest absolute Gasteiger partial charge is 0.196 e. The largest absolute Gasteiger partial charge is 0.358 e. The fourth-order valence-electron chi connectivity index (χ4n) is 3.87. The van der Waals surface area contributed by atoms with Crippen LogP contribution in [0.4, 0.5) is 0 Å². The molecule has 0 fully saturated rings. The molecule has 0 aliphatic rings. The molecule has 5 aromatic rings. The van der Waals surface area contributed by atoms with Gasteiger partial charge in [-0.1, -0.05) is 60.7 Å². The molecule has 1 N–H and O–H groups in total. The third-order valence-electron chi connectivity index (χ3n) is 5.11. The van der Waals surface area contributed by atoms with E-state index in [1.807, 2.05) is 55.5 Å². The molecule has 26 heavy (non-hydrogen) atoms. The number of benzene rings is 4. The number of para-hydroxylation sites is 1. The van der Waals surface area contributed by atoms with E-state index in [1.54, 1.807) is 0 Å². The first-order valence-electron chi connectivity index (χ1n) is 8.76. The lowest BCUT2D eigenvalue weighted by Gasteiger charge is -2.08. The fraction of sp³-hybridized carbons (Fsp3) is 0.0417. The van der Waals surface area contributed by atoms with Gasteiger partial charge < -0.3 is 4.98 Å². The quantitative estimate of drug-likeness (QED) is 0.311. The van der Waals surface area contributed by atoms with E-state index in [1.165, 1.54) is 5.39 Å². The van der Waals surface area contributed by atoms with Crippen molar-refractivity contribution in [3.63, 3.8) is 0 Å². The second-order valence-electron chi connectivity index (χ2n) is 6.73. The molecule has 0 amide bonds. The Hall–Kier alpha value is -3.39. The maximum atomic E-state index is 13.5. The molecule has 0 radical (unpaired) electrons. The van der Waals surface area contributed by atoms with Gasteiger partial charge in [-0.05, 0) is 46.7 Å². The number of rotatable bonds is 2. The summed E-state index contributed by atoms with van der Waals surface area (Å²) in [5, 5.41) is 5.41. The molecule has 0 aliphatic heterocycles. The SMILES string of the molecule is Cc1[nH]c2ccccc2c1C(=O)c1cccc2cc3ccccc3cc12. The highest BCUT2D eigenvalue weighted by Gasteiger charge is 2.19. The number of fused-ring (bicyclic) bond motifs is 3. The second-order valence-corrected chi connectivity index (χ2v) is 6.73. The first-order valence-corrected chi connectivity index (χ1v) is 8.76. The number of carbonyl (C=O) groups excluding carboxylic acids is 1. The molecule has 0 saturated carbocycles. The van der Waals surface area contributed by atoms with Crippen LogP contribution in [0.1, 0.15) is 21.6 Å². The number of aryl methyl sites for hydroxylation is 1. The van der Waals surface area contributed by atoms with Gasteiger partial charge in [0.1, 0.15) is 0 Å². The molecule has 0 spiro atoms. The highest BCUT2D eigenvalue weighted by Crippen LogP contribution is 2.30. The van der Waals surface area contributed by atoms with Crippen LogP contribution in [0.5, 0.6) is 0 Å². The molecule has 0 bridgehead atoms. The number of nitrogens with one attached hydrogen (secondary N) is 1. The number of aromatic nitrogens is 1. The molecule has 0 unspecified atom stereocenters. The molecule has 0 saturated heterocycles. The highest BCUT2D eigenvalue weighted by atomic mass is 16.1. The van der Waals surface area contributed by atoms with Crippen LogP contribution < -0.4 is 0 Å². The van der Waals surface area contributed by atoms with Gasteiger partial charge in [-0.15, -0.1) is 0 Å². The lowest BCUT2D eigenvalue weighted by atomic mass is 9.94. The van der Waals surface area contributed by atoms with Gasteiger partial charge in [-0.3, -0.25) is 4.79 Å². The molecular weight excluding hydrogens is 318 g/mol. The van der Waals surface area contributed by atoms with Crippen LogP contribution in [0.2, 0.25) is 0 Å². The van der Waals surface area contributed by atoms with Crippen LogP contribution in [0, 0.1) is 6.92 Å². The Bertz CT molecular complexity index is 1310. The molecule has 4 aromatic carbocycles. The Morgan fingerprint density at radius 3 is 2.27 bits per heavy atom. The molecule has 124 valence electrons. The van der Waals surface area contributed by atoms with Crippen molar-refractivity contribution in [3.05, 3.63) is 95.7 Å². The highest BCUT2D eigenvalue weighted by molar-refractivity contribution is 6.23. The number of ketones is 1. The van der Waals surface area contributed by atoms with E-state index in [2.05, 4.69) is 35.3 Å². The molecular formula is C24H17NO. The summed E-state index contributed by atoms with van der Waals surface area (Å²) in [4.78, 5) is 16.8. The number of hydrogen-bond acceptors (Lipinski definition) is 1. The Kier molecular flexibility index (Phi) is 3.19. The first-order chi connectivity index (χ1) is 12.7. The Balaban J connectivity index is 1.79. The first kappa shape index (κ1) is 14.9. The van der Waals surface area contributed by atoms with E-state index >= 15 is 0 Å². The van der Waals surface area contributed by atoms with Gasteiger partial charge >= 0.3 is 0 Å². The van der Waals surface area contributed by atoms with Crippen molar-refractivity contribution in [1.82, 2.24) is 4.98 Å². The van der Waals surface area contributed by atoms with Gasteiger partial charge in [0.25, 0.3) is 0 Å². The lowest BCUT2D eigenvalue weighted by molar-refractivity contribution is 0.104. The third-order valence-corrected chi connectivity index (χ3v) is 5.11. The molecule has 2 heteroatoms. The third kappa shape index (κ3) is 2.16. The van der Waals surface area contributed by atoms with Crippen LogP contribution in [0.25, 0.3) is 32.4 Å². The minimum atomic E-state index is 0.0702. The Morgan fingerprint density at radius 2 is 1.42 bits per heavy atom. The fourth-order valence-corrected chi connectivity index (χ4v) is 3.87. The Labute approximate surface area is 151 Å². The average molecular weight is 335 g/mol. The number of carbonyl (C=O) groups is 1. The predicted molar refractivity (Wildman–Crippen MR) is 108 cm³/mol. The number of H-pyrrole nitrogens is 1. The van der Waals surface area contributed by atoms with Crippen LogP contribution in [0.15, 0.2) is 78.9 Å². The summed E-state index contributed by atoms with van der Waals surface area (Å²) in [7, 11) is 0. The van der Waals surface area contributed by atoms with Crippen LogP contribution in [0.3, 0.4) is 0 Å². The summed E-state index contributed by atoms with van der Waals surface area (Å²) >= 11 is 0. The topological polar surface area (TPSA) is 32.9 Å².